The third kappa shape index (κ3) is 6.61. The van der Waals surface area contributed by atoms with Gasteiger partial charge in [-0.1, -0.05) is 0 Å². The Morgan fingerprint density at radius 1 is 0.950 bits per heavy atom. The van der Waals surface area contributed by atoms with Crippen LogP contribution in [0.25, 0.3) is 0 Å². The molecule has 1 aromatic heterocycles. The number of rotatable bonds is 9. The minimum absolute atomic E-state index is 0.104. The van der Waals surface area contributed by atoms with Gasteiger partial charge in [-0.25, -0.2) is 14.6 Å². The van der Waals surface area contributed by atoms with E-state index in [9.17, 15) is 14.7 Å². The predicted molar refractivity (Wildman–Crippen MR) is 141 cm³/mol. The zero-order chi connectivity index (χ0) is 29.6. The molecule has 13 nitrogen and oxygen atoms in total. The summed E-state index contributed by atoms with van der Waals surface area (Å²) in [6.07, 6.45) is -0.801. The number of aliphatic imine (C=N–C) groups is 1. The molecule has 0 radical (unpaired) electrons. The number of carboxylic acids is 2. The van der Waals surface area contributed by atoms with Crippen LogP contribution in [0, 0.1) is 0 Å². The van der Waals surface area contributed by atoms with E-state index in [1.807, 2.05) is 19.1 Å². The number of benzene rings is 1. The van der Waals surface area contributed by atoms with Gasteiger partial charge in [0.2, 0.25) is 0 Å². The lowest BCUT2D eigenvalue weighted by molar-refractivity contribution is -0.165. The van der Waals surface area contributed by atoms with Crippen LogP contribution in [-0.4, -0.2) is 100 Å². The minimum Gasteiger partial charge on any atom is -0.493 e. The summed E-state index contributed by atoms with van der Waals surface area (Å²) in [5.41, 5.74) is 3.80. The molecule has 1 saturated carbocycles. The molecular weight excluding hydrogens is 528 g/mol. The van der Waals surface area contributed by atoms with Crippen molar-refractivity contribution in [3.8, 4) is 23.1 Å². The first-order valence-corrected chi connectivity index (χ1v) is 12.6. The number of pyridine rings is 1. The van der Waals surface area contributed by atoms with Crippen LogP contribution in [0.4, 0.5) is 0 Å². The van der Waals surface area contributed by atoms with E-state index in [1.54, 1.807) is 27.5 Å². The fraction of sp³-hybridized carbons (Fsp3) is 0.481. The van der Waals surface area contributed by atoms with Crippen molar-refractivity contribution in [2.24, 2.45) is 4.99 Å². The summed E-state index contributed by atoms with van der Waals surface area (Å²) in [6.45, 7) is 2.50. The minimum atomic E-state index is -2.27. The van der Waals surface area contributed by atoms with E-state index in [0.29, 0.717) is 36.2 Å². The number of ether oxygens (including phenoxy) is 4. The van der Waals surface area contributed by atoms with E-state index >= 15 is 0 Å². The summed E-state index contributed by atoms with van der Waals surface area (Å²) in [5.74, 6) is -1.04. The van der Waals surface area contributed by atoms with Crippen LogP contribution in [0.5, 0.6) is 23.1 Å². The predicted octanol–water partition coefficient (Wildman–Crippen LogP) is 1.23. The number of aromatic nitrogens is 1. The van der Waals surface area contributed by atoms with Gasteiger partial charge in [-0.2, -0.15) is 0 Å². The molecule has 1 aromatic carbocycles. The Hall–Kier alpha value is -3.94. The zero-order valence-electron chi connectivity index (χ0n) is 22.6. The van der Waals surface area contributed by atoms with Crippen LogP contribution in [0.2, 0.25) is 0 Å². The van der Waals surface area contributed by atoms with Crippen molar-refractivity contribution in [2.75, 3.05) is 27.9 Å². The number of aliphatic carboxylic acids is 2. The van der Waals surface area contributed by atoms with Crippen molar-refractivity contribution in [3.05, 3.63) is 41.1 Å². The molecule has 4 rings (SSSR count). The van der Waals surface area contributed by atoms with Gasteiger partial charge < -0.3 is 44.5 Å². The second-order valence-electron chi connectivity index (χ2n) is 9.14. The van der Waals surface area contributed by atoms with Crippen LogP contribution in [0.15, 0.2) is 29.4 Å². The maximum Gasteiger partial charge on any atom is 0.335 e. The van der Waals surface area contributed by atoms with Gasteiger partial charge in [0.1, 0.15) is 0 Å². The first kappa shape index (κ1) is 30.6. The second kappa shape index (κ2) is 13.4. The molecule has 0 unspecified atom stereocenters. The summed E-state index contributed by atoms with van der Waals surface area (Å²) in [5, 5.41) is 42.8. The third-order valence-corrected chi connectivity index (χ3v) is 6.68. The molecule has 1 aliphatic heterocycles. The topological polar surface area (TPSA) is 197 Å². The Bertz CT molecular complexity index is 1230. The molecule has 2 heterocycles. The number of aliphatic hydroxyl groups is 3. The number of nitrogens with zero attached hydrogens (tertiary/aromatic N) is 2. The molecule has 1 fully saturated rings. The number of hydrogen-bond donors (Lipinski definition) is 5. The monoisotopic (exact) mass is 562 g/mol. The lowest BCUT2D eigenvalue weighted by atomic mass is 9.74. The number of carbonyl (C=O) groups is 2. The van der Waals surface area contributed by atoms with Crippen molar-refractivity contribution in [1.82, 2.24) is 4.98 Å². The molecule has 0 bridgehead atoms. The van der Waals surface area contributed by atoms with Crippen LogP contribution < -0.4 is 18.9 Å². The fourth-order valence-corrected chi connectivity index (χ4v) is 4.73. The highest BCUT2D eigenvalue weighted by atomic mass is 16.5. The first-order chi connectivity index (χ1) is 19.1. The molecule has 0 amide bonds. The lowest BCUT2D eigenvalue weighted by Gasteiger charge is -2.37. The van der Waals surface area contributed by atoms with Crippen LogP contribution in [-0.2, 0) is 9.59 Å². The highest BCUT2D eigenvalue weighted by Crippen LogP contribution is 2.45. The average molecular weight is 563 g/mol. The maximum absolute atomic E-state index is 10.3. The van der Waals surface area contributed by atoms with E-state index < -0.39 is 24.1 Å². The van der Waals surface area contributed by atoms with Gasteiger partial charge in [-0.3, -0.25) is 4.99 Å². The summed E-state index contributed by atoms with van der Waals surface area (Å²) < 4.78 is 22.2. The molecule has 0 spiro atoms. The van der Waals surface area contributed by atoms with Gasteiger partial charge in [0.25, 0.3) is 5.88 Å². The molecule has 0 saturated heterocycles. The van der Waals surface area contributed by atoms with Gasteiger partial charge >= 0.3 is 11.9 Å². The second-order valence-corrected chi connectivity index (χ2v) is 9.14. The molecular formula is C27H34N2O11. The van der Waals surface area contributed by atoms with Crippen LogP contribution >= 0.6 is 0 Å². The highest BCUT2D eigenvalue weighted by Gasteiger charge is 2.37. The Kier molecular flexibility index (Phi) is 10.3. The van der Waals surface area contributed by atoms with Crippen molar-refractivity contribution in [2.45, 2.75) is 56.5 Å². The smallest absolute Gasteiger partial charge is 0.335 e. The van der Waals surface area contributed by atoms with E-state index in [-0.39, 0.29) is 18.1 Å². The summed E-state index contributed by atoms with van der Waals surface area (Å²) in [6, 6.07) is 6.03. The van der Waals surface area contributed by atoms with E-state index in [1.165, 1.54) is 0 Å². The van der Waals surface area contributed by atoms with Gasteiger partial charge in [0, 0.05) is 23.2 Å². The standard InChI is InChI=1S/C23H28N2O5.C4H6O6/c1-5-30-20-10-15-16-9-14(26)6-7-18(16)25-22(17(15)11-19(20)27-2)13-8-21(28-3)23(29-4)24-12-13;5-1(3(7)8)2(6)4(9)10/h8,10-12,14,16,18,26H,5-7,9H2,1-4H3;1-2,5-6H,(H,7,8)(H,9,10)/t14-,16-,18-;1-,2-/m10/s1. The number of carboxylic acid groups (broad SMARTS) is 2. The van der Waals surface area contributed by atoms with Crippen molar-refractivity contribution < 1.29 is 54.1 Å². The number of hydrogen-bond acceptors (Lipinski definition) is 11. The number of fused-ring (bicyclic) bond motifs is 3. The van der Waals surface area contributed by atoms with Gasteiger partial charge in [0.15, 0.2) is 29.5 Å². The van der Waals surface area contributed by atoms with Gasteiger partial charge in [-0.05, 0) is 49.9 Å². The molecule has 1 aliphatic carbocycles. The van der Waals surface area contributed by atoms with E-state index in [0.717, 1.165) is 35.2 Å². The number of aliphatic hydroxyl groups excluding tert-OH is 3. The SMILES string of the molecule is CCOc1cc2c(cc1OC)C(c1cnc(OC)c(OC)c1)=N[C@@H]1CC[C@@H](O)C[C@H]21.O=C(O)[C@@H](O)[C@H](O)C(=O)O. The lowest BCUT2D eigenvalue weighted by Crippen LogP contribution is -2.39. The summed E-state index contributed by atoms with van der Waals surface area (Å²) >= 11 is 0. The van der Waals surface area contributed by atoms with Gasteiger partial charge in [0.05, 0.1) is 45.8 Å². The Morgan fingerprint density at radius 2 is 1.60 bits per heavy atom. The molecule has 13 heteroatoms. The molecule has 2 aliphatic rings. The zero-order valence-corrected chi connectivity index (χ0v) is 22.6. The van der Waals surface area contributed by atoms with E-state index in [2.05, 4.69) is 11.1 Å². The maximum atomic E-state index is 10.3. The fourth-order valence-electron chi connectivity index (χ4n) is 4.73. The normalized spacial score (nSPS) is 20.8. The quantitative estimate of drug-likeness (QED) is 0.293. The van der Waals surface area contributed by atoms with Gasteiger partial charge in [-0.15, -0.1) is 0 Å². The molecule has 218 valence electrons. The molecule has 5 N–H and O–H groups in total. The first-order valence-electron chi connectivity index (χ1n) is 12.6. The third-order valence-electron chi connectivity index (χ3n) is 6.68. The summed E-state index contributed by atoms with van der Waals surface area (Å²) in [4.78, 5) is 29.0. The molecule has 40 heavy (non-hydrogen) atoms. The van der Waals surface area contributed by atoms with Crippen LogP contribution in [0.3, 0.4) is 0 Å². The van der Waals surface area contributed by atoms with Crippen molar-refractivity contribution in [3.63, 3.8) is 0 Å². The average Bonchev–Trinajstić information content (AvgIpc) is 2.95. The van der Waals surface area contributed by atoms with Crippen LogP contribution in [0.1, 0.15) is 48.8 Å². The molecule has 5 atom stereocenters. The van der Waals surface area contributed by atoms with Crippen molar-refractivity contribution in [1.29, 1.82) is 0 Å². The number of methoxy groups -OCH3 is 3. The van der Waals surface area contributed by atoms with E-state index in [4.69, 9.17) is 44.4 Å². The largest absolute Gasteiger partial charge is 0.493 e. The molecule has 2 aromatic rings. The van der Waals surface area contributed by atoms with Crippen molar-refractivity contribution >= 4 is 17.7 Å². The Morgan fingerprint density at radius 3 is 2.15 bits per heavy atom. The highest BCUT2D eigenvalue weighted by molar-refractivity contribution is 6.15. The Balaban J connectivity index is 0.000000378. The Labute approximate surface area is 230 Å². The summed E-state index contributed by atoms with van der Waals surface area (Å²) in [7, 11) is 4.79.